The molecule has 1 aromatic heterocycles. The highest BCUT2D eigenvalue weighted by Crippen LogP contribution is 2.39. The number of benzene rings is 3. The van der Waals surface area contributed by atoms with E-state index in [0.29, 0.717) is 23.6 Å². The minimum atomic E-state index is -4.77. The fraction of sp³-hybridized carbons (Fsp3) is 0.0741. The Hall–Kier alpha value is -4.33. The van der Waals surface area contributed by atoms with Gasteiger partial charge in [-0.05, 0) is 47.5 Å². The van der Waals surface area contributed by atoms with Gasteiger partial charge in [-0.1, -0.05) is 49.0 Å². The molecular formula is C27H19F4N3O. The van der Waals surface area contributed by atoms with Gasteiger partial charge in [0.25, 0.3) is 0 Å². The third-order valence-electron chi connectivity index (χ3n) is 5.61. The number of alkyl halides is 3. The maximum Gasteiger partial charge on any atom is 0.573 e. The van der Waals surface area contributed by atoms with Gasteiger partial charge in [-0.3, -0.25) is 0 Å². The Morgan fingerprint density at radius 2 is 1.57 bits per heavy atom. The largest absolute Gasteiger partial charge is 0.573 e. The molecule has 0 unspecified atom stereocenters. The van der Waals surface area contributed by atoms with E-state index in [4.69, 9.17) is 0 Å². The molecule has 5 rings (SSSR count). The molecular weight excluding hydrogens is 458 g/mol. The fourth-order valence-corrected chi connectivity index (χ4v) is 4.04. The van der Waals surface area contributed by atoms with Crippen molar-refractivity contribution in [3.05, 3.63) is 126 Å². The van der Waals surface area contributed by atoms with Crippen LogP contribution in [0.1, 0.15) is 22.5 Å². The van der Waals surface area contributed by atoms with Gasteiger partial charge in [0.15, 0.2) is 0 Å². The average Bonchev–Trinajstić information content (AvgIpc) is 3.25. The molecule has 2 heterocycles. The highest BCUT2D eigenvalue weighted by Gasteiger charge is 2.31. The Morgan fingerprint density at radius 3 is 2.23 bits per heavy atom. The van der Waals surface area contributed by atoms with Crippen LogP contribution in [0.3, 0.4) is 0 Å². The molecule has 0 N–H and O–H groups in total. The highest BCUT2D eigenvalue weighted by molar-refractivity contribution is 5.95. The Kier molecular flexibility index (Phi) is 5.64. The van der Waals surface area contributed by atoms with Crippen LogP contribution in [0.2, 0.25) is 0 Å². The van der Waals surface area contributed by atoms with Crippen LogP contribution in [0.15, 0.2) is 98.0 Å². The molecule has 4 aromatic rings. The van der Waals surface area contributed by atoms with Crippen LogP contribution in [-0.4, -0.2) is 15.9 Å². The van der Waals surface area contributed by atoms with Crippen molar-refractivity contribution < 1.29 is 22.3 Å². The molecule has 1 aliphatic heterocycles. The predicted octanol–water partition coefficient (Wildman–Crippen LogP) is 6.85. The molecule has 0 spiro atoms. The zero-order valence-corrected chi connectivity index (χ0v) is 18.3. The predicted molar refractivity (Wildman–Crippen MR) is 126 cm³/mol. The first-order chi connectivity index (χ1) is 16.8. The Bertz CT molecular complexity index is 1390. The van der Waals surface area contributed by atoms with Crippen molar-refractivity contribution in [1.29, 1.82) is 0 Å². The summed E-state index contributed by atoms with van der Waals surface area (Å²) in [5.41, 5.74) is 5.19. The second kappa shape index (κ2) is 8.79. The summed E-state index contributed by atoms with van der Waals surface area (Å²) in [6.07, 6.45) is -1.21. The standard InChI is InChI=1S/C27H19F4N3O/c1-18-25-26(33(17-32-25)15-19-5-3-2-4-6-19)24(20-7-9-21(28)10-8-20)16-34(18)22-11-13-23(14-12-22)35-27(29,30)31/h2-14,16-17H,1,15H2. The number of anilines is 1. The lowest BCUT2D eigenvalue weighted by atomic mass is 9.97. The lowest BCUT2D eigenvalue weighted by molar-refractivity contribution is -0.274. The molecule has 0 radical (unpaired) electrons. The van der Waals surface area contributed by atoms with Gasteiger partial charge >= 0.3 is 6.36 Å². The van der Waals surface area contributed by atoms with Gasteiger partial charge in [-0.15, -0.1) is 13.2 Å². The van der Waals surface area contributed by atoms with Crippen molar-refractivity contribution in [3.8, 4) is 5.75 Å². The second-order valence-corrected chi connectivity index (χ2v) is 7.96. The summed E-state index contributed by atoms with van der Waals surface area (Å²) in [6, 6.07) is 21.5. The lowest BCUT2D eigenvalue weighted by Gasteiger charge is -2.29. The SMILES string of the molecule is C=C1c2ncn(Cc3ccccc3)c2C(c2ccc(F)cc2)=CN1c1ccc(OC(F)(F)F)cc1. The van der Waals surface area contributed by atoms with E-state index in [0.717, 1.165) is 22.4 Å². The molecule has 0 bridgehead atoms. The molecule has 35 heavy (non-hydrogen) atoms. The summed E-state index contributed by atoms with van der Waals surface area (Å²) in [5.74, 6) is -0.677. The summed E-state index contributed by atoms with van der Waals surface area (Å²) in [5, 5.41) is 0. The number of imidazole rings is 1. The van der Waals surface area contributed by atoms with Crippen molar-refractivity contribution in [3.63, 3.8) is 0 Å². The molecule has 0 saturated heterocycles. The molecule has 1 aliphatic rings. The Morgan fingerprint density at radius 1 is 0.886 bits per heavy atom. The van der Waals surface area contributed by atoms with Crippen LogP contribution in [0.5, 0.6) is 5.75 Å². The van der Waals surface area contributed by atoms with Gasteiger partial charge in [0.1, 0.15) is 17.3 Å². The van der Waals surface area contributed by atoms with Crippen molar-refractivity contribution in [2.45, 2.75) is 12.9 Å². The summed E-state index contributed by atoms with van der Waals surface area (Å²) in [6.45, 7) is 4.76. The minimum absolute atomic E-state index is 0.320. The number of hydrogen-bond donors (Lipinski definition) is 0. The summed E-state index contributed by atoms with van der Waals surface area (Å²) < 4.78 is 57.3. The highest BCUT2D eigenvalue weighted by atomic mass is 19.4. The average molecular weight is 477 g/mol. The van der Waals surface area contributed by atoms with Gasteiger partial charge in [0.2, 0.25) is 0 Å². The molecule has 3 aromatic carbocycles. The number of hydrogen-bond acceptors (Lipinski definition) is 3. The number of fused-ring (bicyclic) bond motifs is 1. The summed E-state index contributed by atoms with van der Waals surface area (Å²) in [7, 11) is 0. The van der Waals surface area contributed by atoms with Crippen LogP contribution in [0, 0.1) is 5.82 Å². The molecule has 0 atom stereocenters. The number of halogens is 4. The van der Waals surface area contributed by atoms with E-state index >= 15 is 0 Å². The number of ether oxygens (including phenoxy) is 1. The van der Waals surface area contributed by atoms with Gasteiger partial charge in [0.05, 0.1) is 17.7 Å². The molecule has 0 aliphatic carbocycles. The topological polar surface area (TPSA) is 30.3 Å². The first-order valence-electron chi connectivity index (χ1n) is 10.7. The molecule has 0 fully saturated rings. The van der Waals surface area contributed by atoms with Crippen LogP contribution in [0.4, 0.5) is 23.2 Å². The quantitative estimate of drug-likeness (QED) is 0.295. The maximum absolute atomic E-state index is 13.7. The Balaban J connectivity index is 1.57. The van der Waals surface area contributed by atoms with Crippen molar-refractivity contribution in [2.24, 2.45) is 0 Å². The monoisotopic (exact) mass is 477 g/mol. The summed E-state index contributed by atoms with van der Waals surface area (Å²) in [4.78, 5) is 6.35. The minimum Gasteiger partial charge on any atom is -0.406 e. The molecule has 8 heteroatoms. The van der Waals surface area contributed by atoms with Crippen molar-refractivity contribution in [2.75, 3.05) is 4.90 Å². The van der Waals surface area contributed by atoms with Gasteiger partial charge in [-0.25, -0.2) is 9.37 Å². The van der Waals surface area contributed by atoms with Crippen LogP contribution >= 0.6 is 0 Å². The second-order valence-electron chi connectivity index (χ2n) is 7.96. The van der Waals surface area contributed by atoms with E-state index in [1.807, 2.05) is 41.1 Å². The van der Waals surface area contributed by atoms with Gasteiger partial charge < -0.3 is 14.2 Å². The zero-order chi connectivity index (χ0) is 24.6. The van der Waals surface area contributed by atoms with Crippen molar-refractivity contribution in [1.82, 2.24) is 9.55 Å². The number of aromatic nitrogens is 2. The molecule has 4 nitrogen and oxygen atoms in total. The normalized spacial score (nSPS) is 13.4. The number of rotatable bonds is 5. The summed E-state index contributed by atoms with van der Waals surface area (Å²) >= 11 is 0. The third kappa shape index (κ3) is 4.68. The Labute approximate surface area is 199 Å². The molecule has 0 amide bonds. The number of nitrogens with zero attached hydrogens (tertiary/aromatic N) is 3. The van der Waals surface area contributed by atoms with Gasteiger partial charge in [0, 0.05) is 24.0 Å². The lowest BCUT2D eigenvalue weighted by Crippen LogP contribution is -2.21. The maximum atomic E-state index is 13.7. The van der Waals surface area contributed by atoms with Crippen molar-refractivity contribution >= 4 is 17.0 Å². The third-order valence-corrected chi connectivity index (χ3v) is 5.61. The molecule has 176 valence electrons. The van der Waals surface area contributed by atoms with E-state index in [2.05, 4.69) is 16.3 Å². The van der Waals surface area contributed by atoms with Gasteiger partial charge in [-0.2, -0.15) is 0 Å². The molecule has 0 saturated carbocycles. The van der Waals surface area contributed by atoms with E-state index in [9.17, 15) is 17.6 Å². The van der Waals surface area contributed by atoms with E-state index in [1.165, 1.54) is 36.4 Å². The van der Waals surface area contributed by atoms with E-state index in [1.54, 1.807) is 23.4 Å². The first kappa shape index (κ1) is 22.5. The fourth-order valence-electron chi connectivity index (χ4n) is 4.04. The first-order valence-corrected chi connectivity index (χ1v) is 10.7. The van der Waals surface area contributed by atoms with Crippen LogP contribution in [0.25, 0.3) is 11.3 Å². The van der Waals surface area contributed by atoms with Crippen LogP contribution < -0.4 is 9.64 Å². The smallest absolute Gasteiger partial charge is 0.406 e. The van der Waals surface area contributed by atoms with E-state index in [-0.39, 0.29) is 11.6 Å². The zero-order valence-electron chi connectivity index (χ0n) is 18.3. The van der Waals surface area contributed by atoms with E-state index < -0.39 is 6.36 Å². The van der Waals surface area contributed by atoms with Crippen LogP contribution in [-0.2, 0) is 6.54 Å².